The van der Waals surface area contributed by atoms with E-state index >= 15 is 0 Å². The Balaban J connectivity index is 3.28. The lowest BCUT2D eigenvalue weighted by Crippen LogP contribution is -2.17. The Morgan fingerprint density at radius 3 is 2.35 bits per heavy atom. The summed E-state index contributed by atoms with van der Waals surface area (Å²) >= 11 is 0. The molecule has 96 valence electrons. The van der Waals surface area contributed by atoms with Gasteiger partial charge in [-0.2, -0.15) is 13.2 Å². The molecule has 0 saturated carbocycles. The van der Waals surface area contributed by atoms with E-state index in [4.69, 9.17) is 5.11 Å². The van der Waals surface area contributed by atoms with E-state index in [0.717, 1.165) is 6.07 Å². The summed E-state index contributed by atoms with van der Waals surface area (Å²) < 4.78 is 37.5. The fourth-order valence-corrected chi connectivity index (χ4v) is 1.41. The van der Waals surface area contributed by atoms with Gasteiger partial charge in [0.2, 0.25) is 0 Å². The van der Waals surface area contributed by atoms with Crippen molar-refractivity contribution in [3.05, 3.63) is 23.3 Å². The zero-order chi connectivity index (χ0) is 13.2. The van der Waals surface area contributed by atoms with Crippen molar-refractivity contribution in [1.82, 2.24) is 5.32 Å². The molecule has 0 spiro atoms. The Bertz CT molecular complexity index is 407. The van der Waals surface area contributed by atoms with Gasteiger partial charge in [0.05, 0.1) is 6.10 Å². The summed E-state index contributed by atoms with van der Waals surface area (Å²) in [4.78, 5) is 0. The minimum atomic E-state index is -4.79. The van der Waals surface area contributed by atoms with Gasteiger partial charge in [0.1, 0.15) is 17.1 Å². The molecule has 1 atom stereocenters. The fraction of sp³-hybridized carbons (Fsp3) is 0.400. The first-order chi connectivity index (χ1) is 7.77. The zero-order valence-electron chi connectivity index (χ0n) is 8.91. The van der Waals surface area contributed by atoms with Gasteiger partial charge in [0.25, 0.3) is 0 Å². The minimum Gasteiger partial charge on any atom is -0.508 e. The van der Waals surface area contributed by atoms with Gasteiger partial charge >= 0.3 is 6.18 Å². The van der Waals surface area contributed by atoms with Crippen LogP contribution in [0, 0.1) is 0 Å². The summed E-state index contributed by atoms with van der Waals surface area (Å²) in [7, 11) is 1.49. The first kappa shape index (κ1) is 13.6. The highest BCUT2D eigenvalue weighted by Gasteiger charge is 2.36. The molecule has 17 heavy (non-hydrogen) atoms. The Labute approximate surface area is 95.3 Å². The van der Waals surface area contributed by atoms with Crippen molar-refractivity contribution in [2.45, 2.75) is 12.3 Å². The van der Waals surface area contributed by atoms with Crippen LogP contribution in [0.5, 0.6) is 11.5 Å². The molecular formula is C10H12F3NO3. The van der Waals surface area contributed by atoms with Gasteiger partial charge in [-0.25, -0.2) is 0 Å². The maximum absolute atomic E-state index is 12.5. The Hall–Kier alpha value is -1.47. The van der Waals surface area contributed by atoms with E-state index in [2.05, 4.69) is 5.32 Å². The number of likely N-dealkylation sites (N-methyl/N-ethyl adjacent to an activating group) is 1. The van der Waals surface area contributed by atoms with Gasteiger partial charge in [-0.05, 0) is 19.2 Å². The largest absolute Gasteiger partial charge is 0.508 e. The van der Waals surface area contributed by atoms with E-state index in [1.807, 2.05) is 0 Å². The van der Waals surface area contributed by atoms with Crippen LogP contribution >= 0.6 is 0 Å². The molecule has 4 N–H and O–H groups in total. The molecule has 1 aromatic rings. The van der Waals surface area contributed by atoms with Gasteiger partial charge in [-0.15, -0.1) is 0 Å². The summed E-state index contributed by atoms with van der Waals surface area (Å²) in [6, 6.07) is 1.30. The van der Waals surface area contributed by atoms with Gasteiger partial charge in [-0.3, -0.25) is 0 Å². The second-order valence-corrected chi connectivity index (χ2v) is 3.50. The summed E-state index contributed by atoms with van der Waals surface area (Å²) in [5.41, 5.74) is -1.74. The van der Waals surface area contributed by atoms with Crippen molar-refractivity contribution < 1.29 is 28.5 Å². The van der Waals surface area contributed by atoms with Crippen molar-refractivity contribution in [3.63, 3.8) is 0 Å². The van der Waals surface area contributed by atoms with Crippen LogP contribution in [-0.2, 0) is 6.18 Å². The third-order valence-electron chi connectivity index (χ3n) is 2.19. The lowest BCUT2D eigenvalue weighted by molar-refractivity contribution is -0.139. The molecule has 0 bridgehead atoms. The lowest BCUT2D eigenvalue weighted by atomic mass is 10.0. The van der Waals surface area contributed by atoms with Crippen LogP contribution in [-0.4, -0.2) is 28.9 Å². The number of nitrogens with one attached hydrogen (secondary N) is 1. The number of phenolic OH excluding ortho intramolecular Hbond substituents is 2. The number of benzene rings is 1. The molecule has 0 amide bonds. The molecular weight excluding hydrogens is 239 g/mol. The molecule has 0 aliphatic carbocycles. The van der Waals surface area contributed by atoms with Crippen molar-refractivity contribution in [2.24, 2.45) is 0 Å². The van der Waals surface area contributed by atoms with Crippen molar-refractivity contribution in [1.29, 1.82) is 0 Å². The number of rotatable bonds is 3. The predicted octanol–water partition coefficient (Wildman–Crippen LogP) is 1.37. The van der Waals surface area contributed by atoms with Crippen LogP contribution in [0.1, 0.15) is 17.2 Å². The summed E-state index contributed by atoms with van der Waals surface area (Å²) in [5, 5.41) is 30.6. The van der Waals surface area contributed by atoms with Crippen LogP contribution in [0.3, 0.4) is 0 Å². The fourth-order valence-electron chi connectivity index (χ4n) is 1.41. The summed E-state index contributed by atoms with van der Waals surface area (Å²) in [5.74, 6) is -1.74. The topological polar surface area (TPSA) is 72.7 Å². The van der Waals surface area contributed by atoms with E-state index in [1.54, 1.807) is 0 Å². The molecule has 1 aromatic carbocycles. The molecule has 1 unspecified atom stereocenters. The first-order valence-corrected chi connectivity index (χ1v) is 4.73. The molecule has 0 aromatic heterocycles. The third kappa shape index (κ3) is 3.01. The third-order valence-corrected chi connectivity index (χ3v) is 2.19. The molecule has 0 fully saturated rings. The van der Waals surface area contributed by atoms with Crippen LogP contribution in [0.4, 0.5) is 13.2 Å². The second-order valence-electron chi connectivity index (χ2n) is 3.50. The maximum Gasteiger partial charge on any atom is 0.420 e. The Morgan fingerprint density at radius 1 is 1.29 bits per heavy atom. The van der Waals surface area contributed by atoms with Gasteiger partial charge < -0.3 is 20.6 Å². The molecule has 0 aliphatic rings. The smallest absolute Gasteiger partial charge is 0.420 e. The number of halogens is 3. The SMILES string of the molecule is CNCC(O)c1cc(O)cc(C(F)(F)F)c1O. The van der Waals surface area contributed by atoms with Crippen molar-refractivity contribution in [2.75, 3.05) is 13.6 Å². The van der Waals surface area contributed by atoms with Gasteiger partial charge in [0, 0.05) is 12.1 Å². The molecule has 0 saturated heterocycles. The van der Waals surface area contributed by atoms with Crippen LogP contribution in [0.2, 0.25) is 0 Å². The number of hydrogen-bond acceptors (Lipinski definition) is 4. The van der Waals surface area contributed by atoms with Gasteiger partial charge in [0.15, 0.2) is 0 Å². The van der Waals surface area contributed by atoms with E-state index in [1.165, 1.54) is 7.05 Å². The number of aliphatic hydroxyl groups excluding tert-OH is 1. The van der Waals surface area contributed by atoms with Crippen molar-refractivity contribution in [3.8, 4) is 11.5 Å². The highest BCUT2D eigenvalue weighted by Crippen LogP contribution is 2.41. The van der Waals surface area contributed by atoms with Gasteiger partial charge in [-0.1, -0.05) is 0 Å². The second kappa shape index (κ2) is 4.80. The number of alkyl halides is 3. The predicted molar refractivity (Wildman–Crippen MR) is 53.7 cm³/mol. The monoisotopic (exact) mass is 251 g/mol. The number of aliphatic hydroxyl groups is 1. The maximum atomic E-state index is 12.5. The average molecular weight is 251 g/mol. The molecule has 7 heteroatoms. The average Bonchev–Trinajstić information content (AvgIpc) is 2.19. The Kier molecular flexibility index (Phi) is 3.84. The van der Waals surface area contributed by atoms with Crippen LogP contribution < -0.4 is 5.32 Å². The van der Waals surface area contributed by atoms with E-state index in [9.17, 15) is 23.4 Å². The lowest BCUT2D eigenvalue weighted by Gasteiger charge is -2.16. The number of hydrogen-bond donors (Lipinski definition) is 4. The number of aromatic hydroxyl groups is 2. The molecule has 0 aliphatic heterocycles. The molecule has 4 nitrogen and oxygen atoms in total. The Morgan fingerprint density at radius 2 is 1.88 bits per heavy atom. The van der Waals surface area contributed by atoms with E-state index < -0.39 is 29.3 Å². The molecule has 1 rings (SSSR count). The minimum absolute atomic E-state index is 0.0473. The number of phenols is 2. The highest BCUT2D eigenvalue weighted by molar-refractivity contribution is 5.48. The summed E-state index contributed by atoms with van der Waals surface area (Å²) in [6.07, 6.45) is -6.13. The molecule has 0 radical (unpaired) electrons. The highest BCUT2D eigenvalue weighted by atomic mass is 19.4. The van der Waals surface area contributed by atoms with Crippen molar-refractivity contribution >= 4 is 0 Å². The van der Waals surface area contributed by atoms with E-state index in [-0.39, 0.29) is 12.1 Å². The quantitative estimate of drug-likeness (QED) is 0.612. The standard InChI is InChI=1S/C10H12F3NO3/c1-14-4-8(16)6-2-5(15)3-7(9(6)17)10(11,12)13/h2-3,8,14-17H,4H2,1H3. The normalized spacial score (nSPS) is 13.7. The molecule has 0 heterocycles. The van der Waals surface area contributed by atoms with Crippen LogP contribution in [0.25, 0.3) is 0 Å². The van der Waals surface area contributed by atoms with Crippen LogP contribution in [0.15, 0.2) is 12.1 Å². The first-order valence-electron chi connectivity index (χ1n) is 4.73. The summed E-state index contributed by atoms with van der Waals surface area (Å²) in [6.45, 7) is -0.0473. The zero-order valence-corrected chi connectivity index (χ0v) is 8.91. The van der Waals surface area contributed by atoms with E-state index in [0.29, 0.717) is 6.07 Å².